The van der Waals surface area contributed by atoms with Gasteiger partial charge in [0.1, 0.15) is 11.3 Å². The molecule has 0 bridgehead atoms. The monoisotopic (exact) mass is 329 g/mol. The Bertz CT molecular complexity index is 812. The summed E-state index contributed by atoms with van der Waals surface area (Å²) in [6.45, 7) is 4.04. The molecule has 0 fully saturated rings. The van der Waals surface area contributed by atoms with Crippen molar-refractivity contribution in [1.29, 1.82) is 0 Å². The molecule has 0 saturated heterocycles. The van der Waals surface area contributed by atoms with E-state index in [4.69, 9.17) is 4.74 Å². The van der Waals surface area contributed by atoms with Gasteiger partial charge >= 0.3 is 0 Å². The molecule has 1 aromatic carbocycles. The molecule has 0 aliphatic carbocycles. The van der Waals surface area contributed by atoms with Gasteiger partial charge in [0.15, 0.2) is 0 Å². The number of benzene rings is 1. The minimum atomic E-state index is -0.368. The van der Waals surface area contributed by atoms with Gasteiger partial charge in [-0.15, -0.1) is 0 Å². The van der Waals surface area contributed by atoms with Gasteiger partial charge in [-0.3, -0.25) is 9.59 Å². The van der Waals surface area contributed by atoms with E-state index in [1.807, 2.05) is 24.3 Å². The molecular formula is C18H23N3O3. The van der Waals surface area contributed by atoms with E-state index < -0.39 is 0 Å². The third-order valence-corrected chi connectivity index (χ3v) is 4.20. The topological polar surface area (TPSA) is 64.4 Å². The van der Waals surface area contributed by atoms with Crippen LogP contribution in [0.25, 0.3) is 0 Å². The van der Waals surface area contributed by atoms with Crippen molar-refractivity contribution in [3.63, 3.8) is 0 Å². The van der Waals surface area contributed by atoms with Crippen molar-refractivity contribution in [2.75, 3.05) is 20.7 Å². The highest BCUT2D eigenvalue weighted by atomic mass is 16.5. The fraction of sp³-hybridized carbons (Fsp3) is 0.389. The van der Waals surface area contributed by atoms with Crippen molar-refractivity contribution < 1.29 is 9.53 Å². The molecule has 0 N–H and O–H groups in total. The van der Waals surface area contributed by atoms with Crippen molar-refractivity contribution >= 4 is 5.91 Å². The lowest BCUT2D eigenvalue weighted by atomic mass is 10.1. The van der Waals surface area contributed by atoms with Crippen LogP contribution in [0.1, 0.15) is 27.2 Å². The SMILES string of the molecule is COc1ccccc1CCN(C)C(=O)c1c(C)c(C)nn(C)c1=O. The molecule has 2 aromatic rings. The second-order valence-electron chi connectivity index (χ2n) is 5.80. The quantitative estimate of drug-likeness (QED) is 0.838. The highest BCUT2D eigenvalue weighted by molar-refractivity contribution is 5.95. The number of methoxy groups -OCH3 is 1. The van der Waals surface area contributed by atoms with Gasteiger partial charge in [-0.2, -0.15) is 5.10 Å². The summed E-state index contributed by atoms with van der Waals surface area (Å²) in [5.74, 6) is 0.513. The van der Waals surface area contributed by atoms with Crippen LogP contribution in [0, 0.1) is 13.8 Å². The van der Waals surface area contributed by atoms with E-state index >= 15 is 0 Å². The summed E-state index contributed by atoms with van der Waals surface area (Å²) >= 11 is 0. The van der Waals surface area contributed by atoms with Gasteiger partial charge in [0, 0.05) is 20.6 Å². The van der Waals surface area contributed by atoms with Crippen LogP contribution >= 0.6 is 0 Å². The number of rotatable bonds is 5. The molecule has 0 spiro atoms. The van der Waals surface area contributed by atoms with Gasteiger partial charge in [0.25, 0.3) is 11.5 Å². The largest absolute Gasteiger partial charge is 0.496 e. The van der Waals surface area contributed by atoms with E-state index in [-0.39, 0.29) is 17.0 Å². The molecule has 2 rings (SSSR count). The Morgan fingerprint density at radius 3 is 2.62 bits per heavy atom. The standard InChI is InChI=1S/C18H23N3O3/c1-12-13(2)19-21(4)18(23)16(12)17(22)20(3)11-10-14-8-6-7-9-15(14)24-5/h6-9H,10-11H2,1-5H3. The molecule has 0 aliphatic rings. The number of aromatic nitrogens is 2. The minimum absolute atomic E-state index is 0.188. The average Bonchev–Trinajstić information content (AvgIpc) is 2.58. The number of hydrogen-bond donors (Lipinski definition) is 0. The number of amides is 1. The van der Waals surface area contributed by atoms with E-state index in [9.17, 15) is 9.59 Å². The summed E-state index contributed by atoms with van der Waals surface area (Å²) in [6, 6.07) is 7.71. The van der Waals surface area contributed by atoms with E-state index in [0.29, 0.717) is 24.2 Å². The number of carbonyl (C=O) groups excluding carboxylic acids is 1. The fourth-order valence-corrected chi connectivity index (χ4v) is 2.59. The Labute approximate surface area is 141 Å². The van der Waals surface area contributed by atoms with Crippen LogP contribution in [0.2, 0.25) is 0 Å². The maximum atomic E-state index is 12.7. The summed E-state index contributed by atoms with van der Waals surface area (Å²) in [5.41, 5.74) is 2.15. The maximum absolute atomic E-state index is 12.7. The van der Waals surface area contributed by atoms with Gasteiger partial charge in [0.2, 0.25) is 0 Å². The average molecular weight is 329 g/mol. The molecule has 0 atom stereocenters. The number of likely N-dealkylation sites (N-methyl/N-ethyl adjacent to an activating group) is 1. The first-order valence-electron chi connectivity index (χ1n) is 7.78. The van der Waals surface area contributed by atoms with Crippen LogP contribution in [0.5, 0.6) is 5.75 Å². The van der Waals surface area contributed by atoms with E-state index in [1.54, 1.807) is 40.0 Å². The van der Waals surface area contributed by atoms with Crippen LogP contribution in [0.15, 0.2) is 29.1 Å². The lowest BCUT2D eigenvalue weighted by Crippen LogP contribution is -2.37. The van der Waals surface area contributed by atoms with Crippen LogP contribution in [-0.2, 0) is 13.5 Å². The van der Waals surface area contributed by atoms with Crippen LogP contribution in [-0.4, -0.2) is 41.3 Å². The lowest BCUT2D eigenvalue weighted by Gasteiger charge is -2.19. The van der Waals surface area contributed by atoms with Gasteiger partial charge in [-0.1, -0.05) is 18.2 Å². The van der Waals surface area contributed by atoms with Gasteiger partial charge in [-0.25, -0.2) is 4.68 Å². The molecule has 0 aliphatic heterocycles. The van der Waals surface area contributed by atoms with Crippen molar-refractivity contribution in [2.45, 2.75) is 20.3 Å². The van der Waals surface area contributed by atoms with E-state index in [1.165, 1.54) is 4.68 Å². The summed E-state index contributed by atoms with van der Waals surface area (Å²) in [7, 11) is 4.88. The van der Waals surface area contributed by atoms with Gasteiger partial charge in [-0.05, 0) is 37.5 Å². The number of hydrogen-bond acceptors (Lipinski definition) is 4. The molecule has 24 heavy (non-hydrogen) atoms. The highest BCUT2D eigenvalue weighted by Gasteiger charge is 2.21. The third kappa shape index (κ3) is 3.48. The predicted octanol–water partition coefficient (Wildman–Crippen LogP) is 1.72. The zero-order valence-electron chi connectivity index (χ0n) is 14.8. The van der Waals surface area contributed by atoms with Crippen molar-refractivity contribution in [2.24, 2.45) is 7.05 Å². The van der Waals surface area contributed by atoms with Crippen LogP contribution in [0.4, 0.5) is 0 Å². The molecule has 1 amide bonds. The molecule has 0 radical (unpaired) electrons. The Morgan fingerprint density at radius 2 is 1.96 bits per heavy atom. The summed E-state index contributed by atoms with van der Waals surface area (Å²) in [4.78, 5) is 26.6. The molecule has 0 unspecified atom stereocenters. The zero-order valence-corrected chi connectivity index (χ0v) is 14.8. The van der Waals surface area contributed by atoms with E-state index in [2.05, 4.69) is 5.10 Å². The zero-order chi connectivity index (χ0) is 17.9. The molecule has 1 aromatic heterocycles. The van der Waals surface area contributed by atoms with Crippen LogP contribution < -0.4 is 10.3 Å². The number of para-hydroxylation sites is 1. The third-order valence-electron chi connectivity index (χ3n) is 4.20. The molecule has 6 heteroatoms. The second-order valence-corrected chi connectivity index (χ2v) is 5.80. The normalized spacial score (nSPS) is 10.5. The highest BCUT2D eigenvalue weighted by Crippen LogP contribution is 2.18. The summed E-state index contributed by atoms with van der Waals surface area (Å²) in [5, 5.41) is 4.11. The number of nitrogens with zero attached hydrogens (tertiary/aromatic N) is 3. The summed E-state index contributed by atoms with van der Waals surface area (Å²) in [6.07, 6.45) is 0.648. The van der Waals surface area contributed by atoms with Gasteiger partial charge < -0.3 is 9.64 Å². The molecule has 128 valence electrons. The first kappa shape index (κ1) is 17.7. The minimum Gasteiger partial charge on any atom is -0.496 e. The maximum Gasteiger partial charge on any atom is 0.279 e. The van der Waals surface area contributed by atoms with Gasteiger partial charge in [0.05, 0.1) is 12.8 Å². The Morgan fingerprint density at radius 1 is 1.29 bits per heavy atom. The predicted molar refractivity (Wildman–Crippen MR) is 92.6 cm³/mol. The molecule has 0 saturated carbocycles. The van der Waals surface area contributed by atoms with Crippen LogP contribution in [0.3, 0.4) is 0 Å². The Hall–Kier alpha value is -2.63. The first-order chi connectivity index (χ1) is 11.4. The lowest BCUT2D eigenvalue weighted by molar-refractivity contribution is 0.0792. The number of aryl methyl sites for hydroxylation is 2. The van der Waals surface area contributed by atoms with Crippen molar-refractivity contribution in [3.8, 4) is 5.75 Å². The van der Waals surface area contributed by atoms with Crippen molar-refractivity contribution in [1.82, 2.24) is 14.7 Å². The summed E-state index contributed by atoms with van der Waals surface area (Å²) < 4.78 is 6.54. The number of carbonyl (C=O) groups is 1. The molecular weight excluding hydrogens is 306 g/mol. The number of ether oxygens (including phenoxy) is 1. The van der Waals surface area contributed by atoms with Crippen molar-refractivity contribution in [3.05, 3.63) is 57.0 Å². The molecule has 6 nitrogen and oxygen atoms in total. The Balaban J connectivity index is 2.21. The second kappa shape index (κ2) is 7.29. The Kier molecular flexibility index (Phi) is 5.39. The smallest absolute Gasteiger partial charge is 0.279 e. The molecule has 1 heterocycles. The van der Waals surface area contributed by atoms with E-state index in [0.717, 1.165) is 11.3 Å². The first-order valence-corrected chi connectivity index (χ1v) is 7.78. The fourth-order valence-electron chi connectivity index (χ4n) is 2.59.